The summed E-state index contributed by atoms with van der Waals surface area (Å²) < 4.78 is 1.84. The molecule has 4 heterocycles. The molecule has 0 aliphatic carbocycles. The minimum atomic E-state index is -0.871. The summed E-state index contributed by atoms with van der Waals surface area (Å²) in [6, 6.07) is 9.01. The topological polar surface area (TPSA) is 74.5 Å². The van der Waals surface area contributed by atoms with Crippen LogP contribution in [0, 0.1) is 0 Å². The zero-order valence-electron chi connectivity index (χ0n) is 18.4. The lowest BCUT2D eigenvalue weighted by Gasteiger charge is -2.37. The van der Waals surface area contributed by atoms with Crippen molar-refractivity contribution in [3.63, 3.8) is 0 Å². The Kier molecular flexibility index (Phi) is 5.91. The van der Waals surface area contributed by atoms with Crippen molar-refractivity contribution in [3.05, 3.63) is 80.8 Å². The number of hydrogen-bond donors (Lipinski definition) is 1. The Morgan fingerprint density at radius 2 is 1.85 bits per heavy atom. The summed E-state index contributed by atoms with van der Waals surface area (Å²) in [5, 5.41) is 16.8. The van der Waals surface area contributed by atoms with Crippen molar-refractivity contribution in [2.24, 2.45) is 0 Å². The zero-order chi connectivity index (χ0) is 23.3. The fourth-order valence-electron chi connectivity index (χ4n) is 4.84. The third-order valence-corrected chi connectivity index (χ3v) is 7.50. The van der Waals surface area contributed by atoms with Gasteiger partial charge in [-0.25, -0.2) is 0 Å². The van der Waals surface area contributed by atoms with Crippen LogP contribution in [0.25, 0.3) is 0 Å². The number of halogens is 2. The molecular formula is C24H25Cl2N5O2. The number of aliphatic hydroxyl groups excluding tert-OH is 1. The van der Waals surface area contributed by atoms with Crippen molar-refractivity contribution >= 4 is 29.1 Å². The maximum atomic E-state index is 13.6. The van der Waals surface area contributed by atoms with E-state index in [9.17, 15) is 9.90 Å². The predicted octanol–water partition coefficient (Wildman–Crippen LogP) is 4.24. The number of carbonyl (C=O) groups excluding carboxylic acids is 1. The quantitative estimate of drug-likeness (QED) is 0.597. The Morgan fingerprint density at radius 3 is 2.58 bits per heavy atom. The second kappa shape index (κ2) is 8.72. The average Bonchev–Trinajstić information content (AvgIpc) is 3.18. The third kappa shape index (κ3) is 3.93. The van der Waals surface area contributed by atoms with Crippen LogP contribution in [0.4, 0.5) is 0 Å². The third-order valence-electron chi connectivity index (χ3n) is 6.76. The minimum absolute atomic E-state index is 0.0298. The summed E-state index contributed by atoms with van der Waals surface area (Å²) in [6.07, 6.45) is 3.27. The standard InChI is InChI=1S/C24H25Cl2N5O2/c1-14-11-21-18(13-30(14)23(32)17-3-4-19(25)20(26)12-17)22-24(33)29(9-10-31(22)28-21)15(2)16-5-7-27-8-6-16/h3-8,12,14-15,23,32H,9-11,13H2,1-2H3/t14-,15?,23?/m1/s1. The van der Waals surface area contributed by atoms with Crippen LogP contribution >= 0.6 is 23.2 Å². The number of nitrogens with zero attached hydrogens (tertiary/aromatic N) is 5. The van der Waals surface area contributed by atoms with Gasteiger partial charge in [0.2, 0.25) is 0 Å². The van der Waals surface area contributed by atoms with E-state index >= 15 is 0 Å². The molecule has 2 aromatic heterocycles. The monoisotopic (exact) mass is 485 g/mol. The molecule has 2 aliphatic rings. The molecule has 5 rings (SSSR count). The van der Waals surface area contributed by atoms with Crippen molar-refractivity contribution < 1.29 is 9.90 Å². The maximum absolute atomic E-state index is 13.6. The lowest BCUT2D eigenvalue weighted by atomic mass is 9.97. The van der Waals surface area contributed by atoms with Crippen LogP contribution in [-0.4, -0.2) is 48.2 Å². The van der Waals surface area contributed by atoms with Crippen molar-refractivity contribution in [2.75, 3.05) is 6.54 Å². The highest BCUT2D eigenvalue weighted by molar-refractivity contribution is 6.42. The first kappa shape index (κ1) is 22.3. The molecular weight excluding hydrogens is 461 g/mol. The molecule has 0 saturated heterocycles. The maximum Gasteiger partial charge on any atom is 0.273 e. The molecule has 3 aromatic rings. The van der Waals surface area contributed by atoms with Gasteiger partial charge >= 0.3 is 0 Å². The zero-order valence-corrected chi connectivity index (χ0v) is 20.0. The van der Waals surface area contributed by atoms with Gasteiger partial charge < -0.3 is 10.0 Å². The second-order valence-corrected chi connectivity index (χ2v) is 9.54. The molecule has 9 heteroatoms. The number of rotatable bonds is 4. The van der Waals surface area contributed by atoms with Crippen molar-refractivity contribution in [1.82, 2.24) is 24.6 Å². The molecule has 1 amide bonds. The van der Waals surface area contributed by atoms with Crippen LogP contribution in [0.3, 0.4) is 0 Å². The fourth-order valence-corrected chi connectivity index (χ4v) is 5.15. The van der Waals surface area contributed by atoms with E-state index in [-0.39, 0.29) is 18.0 Å². The van der Waals surface area contributed by atoms with Crippen LogP contribution in [-0.2, 0) is 19.5 Å². The number of pyridine rings is 1. The van der Waals surface area contributed by atoms with Gasteiger partial charge in [-0.2, -0.15) is 5.10 Å². The van der Waals surface area contributed by atoms with E-state index in [4.69, 9.17) is 28.3 Å². The smallest absolute Gasteiger partial charge is 0.273 e. The van der Waals surface area contributed by atoms with Gasteiger partial charge in [0.25, 0.3) is 5.91 Å². The van der Waals surface area contributed by atoms with E-state index in [1.165, 1.54) is 0 Å². The lowest BCUT2D eigenvalue weighted by molar-refractivity contribution is -0.0348. The Labute approximate surface area is 202 Å². The summed E-state index contributed by atoms with van der Waals surface area (Å²) in [4.78, 5) is 21.6. The summed E-state index contributed by atoms with van der Waals surface area (Å²) in [5.41, 5.74) is 4.16. The number of fused-ring (bicyclic) bond motifs is 3. The summed E-state index contributed by atoms with van der Waals surface area (Å²) in [6.45, 7) is 5.76. The second-order valence-electron chi connectivity index (χ2n) is 8.72. The van der Waals surface area contributed by atoms with Crippen molar-refractivity contribution in [1.29, 1.82) is 0 Å². The highest BCUT2D eigenvalue weighted by Crippen LogP contribution is 2.35. The normalized spacial score (nSPS) is 20.3. The highest BCUT2D eigenvalue weighted by Gasteiger charge is 2.38. The Bertz CT molecular complexity index is 1200. The van der Waals surface area contributed by atoms with Crippen molar-refractivity contribution in [2.45, 2.75) is 51.7 Å². The molecule has 0 bridgehead atoms. The number of carbonyl (C=O) groups is 1. The molecule has 2 aliphatic heterocycles. The fraction of sp³-hybridized carbons (Fsp3) is 0.375. The van der Waals surface area contributed by atoms with Crippen LogP contribution in [0.15, 0.2) is 42.7 Å². The number of hydrogen-bond acceptors (Lipinski definition) is 5. The minimum Gasteiger partial charge on any atom is -0.374 e. The van der Waals surface area contributed by atoms with Crippen LogP contribution in [0.2, 0.25) is 10.0 Å². The average molecular weight is 486 g/mol. The van der Waals surface area contributed by atoms with E-state index < -0.39 is 6.23 Å². The van der Waals surface area contributed by atoms with Gasteiger partial charge in [-0.05, 0) is 49.2 Å². The molecule has 0 saturated carbocycles. The summed E-state index contributed by atoms with van der Waals surface area (Å²) >= 11 is 12.2. The molecule has 172 valence electrons. The SMILES string of the molecule is CC(c1ccncc1)N1CCn2nc3c(c2C1=O)CN(C(O)c1ccc(Cl)c(Cl)c1)[C@H](C)C3. The Balaban J connectivity index is 1.45. The van der Waals surface area contributed by atoms with E-state index in [1.807, 2.05) is 33.5 Å². The molecule has 7 nitrogen and oxygen atoms in total. The van der Waals surface area contributed by atoms with Gasteiger partial charge in [0.15, 0.2) is 0 Å². The largest absolute Gasteiger partial charge is 0.374 e. The van der Waals surface area contributed by atoms with Crippen LogP contribution in [0.5, 0.6) is 0 Å². The number of aromatic nitrogens is 3. The highest BCUT2D eigenvalue weighted by atomic mass is 35.5. The first-order chi connectivity index (χ1) is 15.8. The summed E-state index contributed by atoms with van der Waals surface area (Å²) in [7, 11) is 0. The van der Waals surface area contributed by atoms with E-state index in [0.29, 0.717) is 47.4 Å². The van der Waals surface area contributed by atoms with Gasteiger partial charge in [-0.3, -0.25) is 19.4 Å². The number of amides is 1. The summed E-state index contributed by atoms with van der Waals surface area (Å²) in [5.74, 6) is -0.0298. The molecule has 33 heavy (non-hydrogen) atoms. The number of aliphatic hydroxyl groups is 1. The van der Waals surface area contributed by atoms with Crippen molar-refractivity contribution in [3.8, 4) is 0 Å². The molecule has 0 fully saturated rings. The Morgan fingerprint density at radius 1 is 1.09 bits per heavy atom. The van der Waals surface area contributed by atoms with Gasteiger partial charge in [-0.1, -0.05) is 29.3 Å². The Hall–Kier alpha value is -2.45. The first-order valence-electron chi connectivity index (χ1n) is 11.0. The van der Waals surface area contributed by atoms with Crippen LogP contribution < -0.4 is 0 Å². The van der Waals surface area contributed by atoms with Gasteiger partial charge in [-0.15, -0.1) is 0 Å². The van der Waals surface area contributed by atoms with Gasteiger partial charge in [0.05, 0.1) is 28.3 Å². The van der Waals surface area contributed by atoms with Gasteiger partial charge in [0, 0.05) is 43.5 Å². The van der Waals surface area contributed by atoms with Gasteiger partial charge in [0.1, 0.15) is 11.9 Å². The molecule has 3 atom stereocenters. The van der Waals surface area contributed by atoms with Crippen LogP contribution in [0.1, 0.15) is 59.0 Å². The molecule has 1 aromatic carbocycles. The van der Waals surface area contributed by atoms with E-state index in [0.717, 1.165) is 16.8 Å². The van der Waals surface area contributed by atoms with E-state index in [2.05, 4.69) is 11.9 Å². The molecule has 2 unspecified atom stereocenters. The number of benzene rings is 1. The van der Waals surface area contributed by atoms with E-state index in [1.54, 1.807) is 30.6 Å². The molecule has 0 radical (unpaired) electrons. The predicted molar refractivity (Wildman–Crippen MR) is 126 cm³/mol. The molecule has 1 N–H and O–H groups in total. The first-order valence-corrected chi connectivity index (χ1v) is 11.8. The molecule has 0 spiro atoms. The lowest BCUT2D eigenvalue weighted by Crippen LogP contribution is -2.44.